The van der Waals surface area contributed by atoms with Crippen LogP contribution in [0.2, 0.25) is 0 Å². The van der Waals surface area contributed by atoms with Gasteiger partial charge in [-0.15, -0.1) is 0 Å². The largest absolute Gasteiger partial charge is 0.394 e. The number of ether oxygens (including phenoxy) is 1. The van der Waals surface area contributed by atoms with Gasteiger partial charge in [0.15, 0.2) is 0 Å². The highest BCUT2D eigenvalue weighted by Crippen LogP contribution is 2.07. The van der Waals surface area contributed by atoms with Crippen molar-refractivity contribution in [1.29, 1.82) is 0 Å². The lowest BCUT2D eigenvalue weighted by molar-refractivity contribution is -0.0608. The van der Waals surface area contributed by atoms with Crippen LogP contribution < -0.4 is 0 Å². The monoisotopic (exact) mass is 189 g/mol. The first kappa shape index (κ1) is 12.9. The Morgan fingerprint density at radius 3 is 2.54 bits per heavy atom. The Morgan fingerprint density at radius 2 is 2.08 bits per heavy atom. The van der Waals surface area contributed by atoms with Gasteiger partial charge in [0, 0.05) is 19.1 Å². The van der Waals surface area contributed by atoms with E-state index < -0.39 is 0 Å². The normalized spacial score (nSPS) is 24.0. The molecule has 1 atom stereocenters. The number of rotatable bonds is 2. The Labute approximate surface area is 81.7 Å². The van der Waals surface area contributed by atoms with E-state index in [-0.39, 0.29) is 12.7 Å². The standard InChI is InChI=1S/C8H17NO2.C2H6/c1-7(2)9-3-4-11-8(5-9)6-10;1-2/h7-8,10H,3-6H2,1-2H3;1-2H3. The van der Waals surface area contributed by atoms with Crippen molar-refractivity contribution in [1.82, 2.24) is 4.90 Å². The molecule has 80 valence electrons. The number of hydrogen-bond donors (Lipinski definition) is 1. The molecule has 1 rings (SSSR count). The minimum absolute atomic E-state index is 0.0335. The number of nitrogens with zero attached hydrogens (tertiary/aromatic N) is 1. The maximum absolute atomic E-state index is 8.84. The lowest BCUT2D eigenvalue weighted by Crippen LogP contribution is -2.46. The highest BCUT2D eigenvalue weighted by molar-refractivity contribution is 4.72. The summed E-state index contributed by atoms with van der Waals surface area (Å²) in [5, 5.41) is 8.84. The summed E-state index contributed by atoms with van der Waals surface area (Å²) in [4.78, 5) is 2.32. The molecule has 0 aromatic carbocycles. The van der Waals surface area contributed by atoms with Crippen molar-refractivity contribution in [2.24, 2.45) is 0 Å². The molecule has 13 heavy (non-hydrogen) atoms. The average molecular weight is 189 g/mol. The van der Waals surface area contributed by atoms with Crippen LogP contribution >= 0.6 is 0 Å². The topological polar surface area (TPSA) is 32.7 Å². The van der Waals surface area contributed by atoms with E-state index in [1.165, 1.54) is 0 Å². The maximum atomic E-state index is 8.84. The molecule has 1 N–H and O–H groups in total. The Hall–Kier alpha value is -0.120. The van der Waals surface area contributed by atoms with Gasteiger partial charge < -0.3 is 9.84 Å². The quantitative estimate of drug-likeness (QED) is 0.706. The predicted molar refractivity (Wildman–Crippen MR) is 54.9 cm³/mol. The number of aliphatic hydroxyl groups excluding tert-OH is 1. The zero-order chi connectivity index (χ0) is 10.3. The van der Waals surface area contributed by atoms with Crippen molar-refractivity contribution >= 4 is 0 Å². The molecule has 1 heterocycles. The van der Waals surface area contributed by atoms with Crippen molar-refractivity contribution in [2.45, 2.75) is 39.8 Å². The van der Waals surface area contributed by atoms with Gasteiger partial charge in [0.2, 0.25) is 0 Å². The Balaban J connectivity index is 0.000000671. The molecule has 1 saturated heterocycles. The van der Waals surface area contributed by atoms with Crippen LogP contribution in [0.25, 0.3) is 0 Å². The predicted octanol–water partition coefficient (Wildman–Crippen LogP) is 1.11. The van der Waals surface area contributed by atoms with Gasteiger partial charge in [-0.2, -0.15) is 0 Å². The van der Waals surface area contributed by atoms with Crippen LogP contribution in [0.5, 0.6) is 0 Å². The van der Waals surface area contributed by atoms with Crippen LogP contribution in [0, 0.1) is 0 Å². The minimum atomic E-state index is 0.0335. The molecule has 1 aliphatic heterocycles. The fourth-order valence-electron chi connectivity index (χ4n) is 1.32. The van der Waals surface area contributed by atoms with Crippen molar-refractivity contribution < 1.29 is 9.84 Å². The molecular formula is C10H23NO2. The Kier molecular flexibility index (Phi) is 7.23. The molecule has 3 heteroatoms. The minimum Gasteiger partial charge on any atom is -0.394 e. The van der Waals surface area contributed by atoms with Crippen molar-refractivity contribution in [3.8, 4) is 0 Å². The van der Waals surface area contributed by atoms with E-state index in [4.69, 9.17) is 9.84 Å². The van der Waals surface area contributed by atoms with Gasteiger partial charge in [-0.05, 0) is 13.8 Å². The molecule has 0 amide bonds. The molecule has 1 unspecified atom stereocenters. The number of hydrogen-bond acceptors (Lipinski definition) is 3. The molecule has 0 aromatic rings. The van der Waals surface area contributed by atoms with Gasteiger partial charge in [0.05, 0.1) is 19.3 Å². The van der Waals surface area contributed by atoms with Crippen molar-refractivity contribution in [3.05, 3.63) is 0 Å². The van der Waals surface area contributed by atoms with Gasteiger partial charge in [-0.25, -0.2) is 0 Å². The second-order valence-corrected chi connectivity index (χ2v) is 3.26. The van der Waals surface area contributed by atoms with E-state index >= 15 is 0 Å². The highest BCUT2D eigenvalue weighted by atomic mass is 16.5. The summed E-state index contributed by atoms with van der Waals surface area (Å²) in [7, 11) is 0. The van der Waals surface area contributed by atoms with E-state index in [1.807, 2.05) is 13.8 Å². The molecule has 0 spiro atoms. The summed E-state index contributed by atoms with van der Waals surface area (Å²) < 4.78 is 5.32. The van der Waals surface area contributed by atoms with Crippen LogP contribution in [-0.2, 0) is 4.74 Å². The summed E-state index contributed by atoms with van der Waals surface area (Å²) >= 11 is 0. The van der Waals surface area contributed by atoms with Crippen LogP contribution in [0.4, 0.5) is 0 Å². The number of aliphatic hydroxyl groups is 1. The molecule has 0 radical (unpaired) electrons. The van der Waals surface area contributed by atoms with Crippen molar-refractivity contribution in [3.63, 3.8) is 0 Å². The molecule has 1 aliphatic rings. The van der Waals surface area contributed by atoms with Gasteiger partial charge in [0.25, 0.3) is 0 Å². The zero-order valence-corrected chi connectivity index (χ0v) is 9.29. The van der Waals surface area contributed by atoms with Crippen LogP contribution in [0.15, 0.2) is 0 Å². The lowest BCUT2D eigenvalue weighted by Gasteiger charge is -2.34. The summed E-state index contributed by atoms with van der Waals surface area (Å²) in [5.74, 6) is 0. The summed E-state index contributed by atoms with van der Waals surface area (Å²) in [6, 6.07) is 0.563. The second-order valence-electron chi connectivity index (χ2n) is 3.26. The smallest absolute Gasteiger partial charge is 0.0932 e. The van der Waals surface area contributed by atoms with Crippen LogP contribution in [-0.4, -0.2) is 48.5 Å². The van der Waals surface area contributed by atoms with Crippen LogP contribution in [0.1, 0.15) is 27.7 Å². The third kappa shape index (κ3) is 4.60. The molecule has 0 aromatic heterocycles. The van der Waals surface area contributed by atoms with E-state index in [1.54, 1.807) is 0 Å². The lowest BCUT2D eigenvalue weighted by atomic mass is 10.2. The fraction of sp³-hybridized carbons (Fsp3) is 1.00. The Bertz CT molecular complexity index is 117. The van der Waals surface area contributed by atoms with Crippen molar-refractivity contribution in [2.75, 3.05) is 26.3 Å². The zero-order valence-electron chi connectivity index (χ0n) is 9.29. The first-order valence-corrected chi connectivity index (χ1v) is 5.20. The SMILES string of the molecule is CC.CC(C)N1CCOC(CO)C1. The van der Waals surface area contributed by atoms with E-state index in [9.17, 15) is 0 Å². The van der Waals surface area contributed by atoms with E-state index in [0.29, 0.717) is 6.04 Å². The first-order chi connectivity index (χ1) is 6.24. The number of morpholine rings is 1. The Morgan fingerprint density at radius 1 is 1.46 bits per heavy atom. The molecule has 0 saturated carbocycles. The second kappa shape index (κ2) is 7.30. The summed E-state index contributed by atoms with van der Waals surface area (Å²) in [6.07, 6.45) is 0.0335. The van der Waals surface area contributed by atoms with E-state index in [2.05, 4.69) is 18.7 Å². The molecular weight excluding hydrogens is 166 g/mol. The molecule has 0 bridgehead atoms. The molecule has 1 fully saturated rings. The van der Waals surface area contributed by atoms with Crippen LogP contribution in [0.3, 0.4) is 0 Å². The van der Waals surface area contributed by atoms with Gasteiger partial charge in [0.1, 0.15) is 0 Å². The third-order valence-corrected chi connectivity index (χ3v) is 2.10. The van der Waals surface area contributed by atoms with Gasteiger partial charge in [-0.3, -0.25) is 4.90 Å². The maximum Gasteiger partial charge on any atom is 0.0932 e. The first-order valence-electron chi connectivity index (χ1n) is 5.20. The summed E-state index contributed by atoms with van der Waals surface area (Å²) in [5.41, 5.74) is 0. The van der Waals surface area contributed by atoms with Gasteiger partial charge >= 0.3 is 0 Å². The molecule has 3 nitrogen and oxygen atoms in total. The summed E-state index contributed by atoms with van der Waals surface area (Å²) in [6.45, 7) is 11.1. The molecule has 0 aliphatic carbocycles. The third-order valence-electron chi connectivity index (χ3n) is 2.10. The van der Waals surface area contributed by atoms with Gasteiger partial charge in [-0.1, -0.05) is 13.8 Å². The highest BCUT2D eigenvalue weighted by Gasteiger charge is 2.20. The van der Waals surface area contributed by atoms with E-state index in [0.717, 1.165) is 19.7 Å². The fourth-order valence-corrected chi connectivity index (χ4v) is 1.32. The average Bonchev–Trinajstić information content (AvgIpc) is 2.21.